The van der Waals surface area contributed by atoms with E-state index in [1.807, 2.05) is 6.08 Å². The minimum absolute atomic E-state index is 0.00556. The van der Waals surface area contributed by atoms with Crippen molar-refractivity contribution in [2.24, 2.45) is 0 Å². The van der Waals surface area contributed by atoms with E-state index in [4.69, 9.17) is 4.74 Å². The van der Waals surface area contributed by atoms with Crippen LogP contribution in [0.1, 0.15) is 335 Å². The van der Waals surface area contributed by atoms with Crippen molar-refractivity contribution in [2.45, 2.75) is 347 Å². The van der Waals surface area contributed by atoms with Gasteiger partial charge in [-0.1, -0.05) is 275 Å². The van der Waals surface area contributed by atoms with Gasteiger partial charge in [0.05, 0.1) is 25.4 Å². The monoisotopic (exact) mass is 984 g/mol. The summed E-state index contributed by atoms with van der Waals surface area (Å²) in [4.78, 5) is 24.5. The van der Waals surface area contributed by atoms with E-state index in [9.17, 15) is 19.8 Å². The van der Waals surface area contributed by atoms with Gasteiger partial charge in [0.1, 0.15) is 0 Å². The fourth-order valence-electron chi connectivity index (χ4n) is 9.57. The van der Waals surface area contributed by atoms with Gasteiger partial charge in [-0.15, -0.1) is 0 Å². The van der Waals surface area contributed by atoms with E-state index in [1.54, 1.807) is 6.08 Å². The molecule has 412 valence electrons. The van der Waals surface area contributed by atoms with Crippen LogP contribution in [0.25, 0.3) is 0 Å². The summed E-state index contributed by atoms with van der Waals surface area (Å²) in [6.45, 7) is 4.90. The Morgan fingerprint density at radius 1 is 0.386 bits per heavy atom. The minimum Gasteiger partial charge on any atom is -0.466 e. The molecule has 0 bridgehead atoms. The van der Waals surface area contributed by atoms with Gasteiger partial charge >= 0.3 is 5.97 Å². The van der Waals surface area contributed by atoms with Gasteiger partial charge in [0.25, 0.3) is 0 Å². The number of amides is 1. The van der Waals surface area contributed by atoms with Crippen molar-refractivity contribution in [1.82, 2.24) is 5.32 Å². The van der Waals surface area contributed by atoms with Crippen molar-refractivity contribution in [1.29, 1.82) is 0 Å². The third kappa shape index (κ3) is 55.4. The lowest BCUT2D eigenvalue weighted by atomic mass is 10.0. The summed E-state index contributed by atoms with van der Waals surface area (Å²) in [5.41, 5.74) is 0. The number of rotatable bonds is 58. The predicted molar refractivity (Wildman–Crippen MR) is 306 cm³/mol. The van der Waals surface area contributed by atoms with E-state index in [1.165, 1.54) is 263 Å². The number of hydrogen-bond donors (Lipinski definition) is 3. The van der Waals surface area contributed by atoms with E-state index in [0.29, 0.717) is 19.4 Å². The molecule has 0 aliphatic heterocycles. The second kappa shape index (κ2) is 59.6. The Hall–Kier alpha value is -1.92. The third-order valence-electron chi connectivity index (χ3n) is 14.4. The third-order valence-corrected chi connectivity index (χ3v) is 14.4. The van der Waals surface area contributed by atoms with Crippen LogP contribution in [0.2, 0.25) is 0 Å². The lowest BCUT2D eigenvalue weighted by Crippen LogP contribution is -2.45. The number of esters is 1. The number of unbranched alkanes of at least 4 members (excludes halogenated alkanes) is 43. The molecular weight excluding hydrogens is 863 g/mol. The zero-order valence-electron chi connectivity index (χ0n) is 47.0. The molecule has 0 aliphatic rings. The van der Waals surface area contributed by atoms with E-state index in [0.717, 1.165) is 44.9 Å². The first-order valence-electron chi connectivity index (χ1n) is 31.3. The number of hydrogen-bond acceptors (Lipinski definition) is 5. The standard InChI is InChI=1S/C64H121NO5/c1-3-5-7-9-11-13-15-17-18-31-34-38-42-46-50-54-58-64(69)70-59-55-51-47-43-39-35-32-29-27-25-23-21-19-20-22-24-26-28-30-33-37-41-45-49-53-57-63(68)65-61(60-66)62(67)56-52-48-44-40-36-16-14-12-10-8-6-4-2/h18,20,22,31,52,56,61-62,66-67H,3-17,19,21,23-30,32-51,53-55,57-60H2,1-2H3,(H,65,68)/b22-20-,31-18-,56-52+. The van der Waals surface area contributed by atoms with Crippen molar-refractivity contribution in [3.05, 3.63) is 36.5 Å². The van der Waals surface area contributed by atoms with E-state index >= 15 is 0 Å². The highest BCUT2D eigenvalue weighted by atomic mass is 16.5. The Bertz CT molecular complexity index is 1130. The molecule has 0 aromatic rings. The Morgan fingerprint density at radius 3 is 1.01 bits per heavy atom. The molecule has 2 atom stereocenters. The number of nitrogens with one attached hydrogen (secondary N) is 1. The Labute approximate surface area is 436 Å². The molecule has 1 amide bonds. The van der Waals surface area contributed by atoms with Gasteiger partial charge < -0.3 is 20.3 Å². The summed E-state index contributed by atoms with van der Waals surface area (Å²) in [5.74, 6) is -0.0658. The average Bonchev–Trinajstić information content (AvgIpc) is 3.36. The molecule has 0 aliphatic carbocycles. The highest BCUT2D eigenvalue weighted by molar-refractivity contribution is 5.76. The van der Waals surface area contributed by atoms with Gasteiger partial charge in [-0.25, -0.2) is 0 Å². The van der Waals surface area contributed by atoms with Gasteiger partial charge in [0, 0.05) is 12.8 Å². The molecule has 0 aromatic heterocycles. The zero-order chi connectivity index (χ0) is 50.7. The summed E-state index contributed by atoms with van der Waals surface area (Å²) in [6.07, 6.45) is 74.8. The van der Waals surface area contributed by atoms with Gasteiger partial charge in [-0.3, -0.25) is 9.59 Å². The van der Waals surface area contributed by atoms with Crippen molar-refractivity contribution in [3.63, 3.8) is 0 Å². The average molecular weight is 985 g/mol. The first-order valence-corrected chi connectivity index (χ1v) is 31.3. The first kappa shape index (κ1) is 68.1. The summed E-state index contributed by atoms with van der Waals surface area (Å²) in [6, 6.07) is -0.629. The van der Waals surface area contributed by atoms with Crippen LogP contribution in [-0.2, 0) is 14.3 Å². The number of ether oxygens (including phenoxy) is 1. The minimum atomic E-state index is -0.845. The van der Waals surface area contributed by atoms with E-state index in [2.05, 4.69) is 43.5 Å². The molecule has 0 spiro atoms. The predicted octanol–water partition coefficient (Wildman–Crippen LogP) is 19.6. The summed E-state index contributed by atoms with van der Waals surface area (Å²) in [7, 11) is 0. The fraction of sp³-hybridized carbons (Fsp3) is 0.875. The number of allylic oxidation sites excluding steroid dienone is 5. The second-order valence-electron chi connectivity index (χ2n) is 21.4. The molecule has 0 saturated carbocycles. The fourth-order valence-corrected chi connectivity index (χ4v) is 9.57. The maximum atomic E-state index is 12.4. The van der Waals surface area contributed by atoms with Crippen LogP contribution in [0.3, 0.4) is 0 Å². The van der Waals surface area contributed by atoms with Crippen LogP contribution >= 0.6 is 0 Å². The number of carbonyl (C=O) groups is 2. The van der Waals surface area contributed by atoms with E-state index in [-0.39, 0.29) is 18.5 Å². The Morgan fingerprint density at radius 2 is 0.671 bits per heavy atom. The van der Waals surface area contributed by atoms with Crippen molar-refractivity contribution >= 4 is 11.9 Å². The van der Waals surface area contributed by atoms with Gasteiger partial charge in [0.15, 0.2) is 0 Å². The van der Waals surface area contributed by atoms with Crippen LogP contribution in [-0.4, -0.2) is 47.4 Å². The molecule has 6 heteroatoms. The molecule has 0 rings (SSSR count). The van der Waals surface area contributed by atoms with Gasteiger partial charge in [0.2, 0.25) is 5.91 Å². The molecule has 0 radical (unpaired) electrons. The first-order chi connectivity index (χ1) is 34.5. The van der Waals surface area contributed by atoms with Crippen molar-refractivity contribution < 1.29 is 24.5 Å². The van der Waals surface area contributed by atoms with Crippen LogP contribution in [0, 0.1) is 0 Å². The molecular formula is C64H121NO5. The lowest BCUT2D eigenvalue weighted by Gasteiger charge is -2.20. The molecule has 3 N–H and O–H groups in total. The number of aliphatic hydroxyl groups excluding tert-OH is 2. The maximum absolute atomic E-state index is 12.4. The van der Waals surface area contributed by atoms with Gasteiger partial charge in [-0.05, 0) is 83.5 Å². The highest BCUT2D eigenvalue weighted by Crippen LogP contribution is 2.17. The SMILES string of the molecule is CCCCCCCCC/C=C\CCCCCCCC(=O)OCCCCCCCCCCCCCC/C=C\CCCCCCCCCCCC(=O)NC(CO)C(O)/C=C/CCCCCCCCCCCC. The molecule has 6 nitrogen and oxygen atoms in total. The van der Waals surface area contributed by atoms with Crippen LogP contribution in [0.5, 0.6) is 0 Å². The van der Waals surface area contributed by atoms with Gasteiger partial charge in [-0.2, -0.15) is 0 Å². The molecule has 2 unspecified atom stereocenters. The Balaban J connectivity index is 3.40. The molecule has 0 saturated heterocycles. The summed E-state index contributed by atoms with van der Waals surface area (Å²) >= 11 is 0. The Kier molecular flexibility index (Phi) is 58.0. The topological polar surface area (TPSA) is 95.9 Å². The molecule has 0 aromatic carbocycles. The van der Waals surface area contributed by atoms with Crippen LogP contribution < -0.4 is 5.32 Å². The van der Waals surface area contributed by atoms with Crippen molar-refractivity contribution in [2.75, 3.05) is 13.2 Å². The summed E-state index contributed by atoms with van der Waals surface area (Å²) in [5, 5.41) is 23.0. The molecule has 70 heavy (non-hydrogen) atoms. The molecule has 0 heterocycles. The maximum Gasteiger partial charge on any atom is 0.305 e. The highest BCUT2D eigenvalue weighted by Gasteiger charge is 2.18. The quantitative estimate of drug-likeness (QED) is 0.0321. The largest absolute Gasteiger partial charge is 0.466 e. The smallest absolute Gasteiger partial charge is 0.305 e. The van der Waals surface area contributed by atoms with Crippen LogP contribution in [0.15, 0.2) is 36.5 Å². The van der Waals surface area contributed by atoms with Crippen molar-refractivity contribution in [3.8, 4) is 0 Å². The van der Waals surface area contributed by atoms with E-state index < -0.39 is 12.1 Å². The number of aliphatic hydroxyl groups is 2. The zero-order valence-corrected chi connectivity index (χ0v) is 47.0. The lowest BCUT2D eigenvalue weighted by molar-refractivity contribution is -0.143. The number of carbonyl (C=O) groups excluding carboxylic acids is 2. The second-order valence-corrected chi connectivity index (χ2v) is 21.4. The summed E-state index contributed by atoms with van der Waals surface area (Å²) < 4.78 is 5.49. The normalized spacial score (nSPS) is 12.8. The van der Waals surface area contributed by atoms with Crippen LogP contribution in [0.4, 0.5) is 0 Å². The molecule has 0 fully saturated rings.